The third-order valence-electron chi connectivity index (χ3n) is 2.76. The van der Waals surface area contributed by atoms with Crippen LogP contribution in [0, 0.1) is 0 Å². The summed E-state index contributed by atoms with van der Waals surface area (Å²) in [5, 5.41) is 4.00. The second-order valence-electron chi connectivity index (χ2n) is 4.08. The van der Waals surface area contributed by atoms with Gasteiger partial charge in [0.2, 0.25) is 0 Å². The lowest BCUT2D eigenvalue weighted by atomic mass is 10.1. The SMILES string of the molecule is NCc1ccccc1/C=C/C=C1C(=O)NC(=O)NC1=O. The van der Waals surface area contributed by atoms with Crippen molar-refractivity contribution >= 4 is 23.9 Å². The second-order valence-corrected chi connectivity index (χ2v) is 4.08. The molecule has 0 aromatic heterocycles. The summed E-state index contributed by atoms with van der Waals surface area (Å²) < 4.78 is 0. The minimum absolute atomic E-state index is 0.119. The summed E-state index contributed by atoms with van der Waals surface area (Å²) in [7, 11) is 0. The molecule has 0 unspecified atom stereocenters. The van der Waals surface area contributed by atoms with E-state index in [1.807, 2.05) is 34.9 Å². The van der Waals surface area contributed by atoms with Crippen molar-refractivity contribution in [2.45, 2.75) is 6.54 Å². The first-order valence-corrected chi connectivity index (χ1v) is 5.95. The summed E-state index contributed by atoms with van der Waals surface area (Å²) in [6.07, 6.45) is 4.66. The van der Waals surface area contributed by atoms with Gasteiger partial charge in [-0.05, 0) is 17.2 Å². The first-order valence-electron chi connectivity index (χ1n) is 5.95. The van der Waals surface area contributed by atoms with E-state index < -0.39 is 17.8 Å². The summed E-state index contributed by atoms with van der Waals surface area (Å²) >= 11 is 0. The van der Waals surface area contributed by atoms with Crippen molar-refractivity contribution in [3.63, 3.8) is 0 Å². The van der Waals surface area contributed by atoms with E-state index in [0.717, 1.165) is 11.1 Å². The molecule has 0 saturated carbocycles. The van der Waals surface area contributed by atoms with E-state index in [1.54, 1.807) is 12.2 Å². The molecule has 0 atom stereocenters. The van der Waals surface area contributed by atoms with E-state index in [0.29, 0.717) is 6.54 Å². The minimum Gasteiger partial charge on any atom is -0.326 e. The third-order valence-corrected chi connectivity index (χ3v) is 2.76. The highest BCUT2D eigenvalue weighted by molar-refractivity contribution is 6.29. The molecule has 0 spiro atoms. The largest absolute Gasteiger partial charge is 0.328 e. The molecule has 20 heavy (non-hydrogen) atoms. The van der Waals surface area contributed by atoms with Gasteiger partial charge in [0, 0.05) is 6.54 Å². The lowest BCUT2D eigenvalue weighted by Gasteiger charge is -2.13. The van der Waals surface area contributed by atoms with Gasteiger partial charge in [-0.1, -0.05) is 36.4 Å². The van der Waals surface area contributed by atoms with Crippen LogP contribution in [0.2, 0.25) is 0 Å². The lowest BCUT2D eigenvalue weighted by Crippen LogP contribution is -2.51. The Hall–Kier alpha value is -2.73. The molecular formula is C14H13N3O3. The van der Waals surface area contributed by atoms with Gasteiger partial charge in [0.25, 0.3) is 11.8 Å². The Balaban J connectivity index is 2.20. The molecule has 1 aliphatic heterocycles. The predicted octanol–water partition coefficient (Wildman–Crippen LogP) is 0.451. The number of nitrogens with one attached hydrogen (secondary N) is 2. The average Bonchev–Trinajstić information content (AvgIpc) is 2.42. The minimum atomic E-state index is -0.811. The number of imide groups is 2. The van der Waals surface area contributed by atoms with Crippen LogP contribution in [0.1, 0.15) is 11.1 Å². The normalized spacial score (nSPS) is 15.2. The highest BCUT2D eigenvalue weighted by Crippen LogP contribution is 2.10. The van der Waals surface area contributed by atoms with Crippen LogP contribution >= 0.6 is 0 Å². The Labute approximate surface area is 115 Å². The summed E-state index contributed by atoms with van der Waals surface area (Å²) in [4.78, 5) is 33.8. The number of hydrogen-bond donors (Lipinski definition) is 3. The van der Waals surface area contributed by atoms with Crippen molar-refractivity contribution in [1.82, 2.24) is 10.6 Å². The van der Waals surface area contributed by atoms with E-state index >= 15 is 0 Å². The van der Waals surface area contributed by atoms with Crippen LogP contribution in [-0.2, 0) is 16.1 Å². The van der Waals surface area contributed by atoms with Crippen molar-refractivity contribution < 1.29 is 14.4 Å². The van der Waals surface area contributed by atoms with E-state index in [2.05, 4.69) is 0 Å². The Bertz CT molecular complexity index is 610. The Kier molecular flexibility index (Phi) is 4.07. The molecule has 102 valence electrons. The molecular weight excluding hydrogens is 258 g/mol. The number of allylic oxidation sites excluding steroid dienone is 2. The summed E-state index contributed by atoms with van der Waals surface area (Å²) in [5.74, 6) is -1.42. The van der Waals surface area contributed by atoms with Gasteiger partial charge < -0.3 is 5.73 Å². The molecule has 1 aliphatic rings. The number of barbiturate groups is 1. The van der Waals surface area contributed by atoms with Gasteiger partial charge in [0.15, 0.2) is 0 Å². The Morgan fingerprint density at radius 3 is 2.35 bits per heavy atom. The highest BCUT2D eigenvalue weighted by atomic mass is 16.2. The summed E-state index contributed by atoms with van der Waals surface area (Å²) in [6, 6.07) is 6.71. The van der Waals surface area contributed by atoms with E-state index in [1.165, 1.54) is 6.08 Å². The van der Waals surface area contributed by atoms with Crippen LogP contribution in [0.4, 0.5) is 4.79 Å². The monoisotopic (exact) mass is 271 g/mol. The molecule has 6 nitrogen and oxygen atoms in total. The standard InChI is InChI=1S/C14H13N3O3/c15-8-10-5-2-1-4-9(10)6-3-7-11-12(18)16-14(20)17-13(11)19/h1-7H,8,15H2,(H2,16,17,18,19,20)/b6-3+. The molecule has 1 saturated heterocycles. The van der Waals surface area contributed by atoms with Crippen LogP contribution in [0.25, 0.3) is 6.08 Å². The summed E-state index contributed by atoms with van der Waals surface area (Å²) in [6.45, 7) is 0.395. The first-order chi connectivity index (χ1) is 9.61. The molecule has 2 rings (SSSR count). The van der Waals surface area contributed by atoms with Gasteiger partial charge in [-0.25, -0.2) is 4.79 Å². The van der Waals surface area contributed by atoms with Gasteiger partial charge in [0.1, 0.15) is 5.57 Å². The maximum Gasteiger partial charge on any atom is 0.328 e. The number of benzene rings is 1. The number of carbonyl (C=O) groups is 3. The molecule has 4 N–H and O–H groups in total. The van der Waals surface area contributed by atoms with Crippen LogP contribution in [0.15, 0.2) is 42.0 Å². The average molecular weight is 271 g/mol. The number of hydrogen-bond acceptors (Lipinski definition) is 4. The molecule has 0 radical (unpaired) electrons. The fourth-order valence-electron chi connectivity index (χ4n) is 1.76. The van der Waals surface area contributed by atoms with Crippen LogP contribution in [-0.4, -0.2) is 17.8 Å². The Morgan fingerprint density at radius 2 is 1.70 bits per heavy atom. The predicted molar refractivity (Wildman–Crippen MR) is 73.1 cm³/mol. The van der Waals surface area contributed by atoms with Crippen LogP contribution in [0.5, 0.6) is 0 Å². The first kappa shape index (κ1) is 13.7. The summed E-state index contributed by atoms with van der Waals surface area (Å²) in [5.41, 5.74) is 7.35. The van der Waals surface area contributed by atoms with Crippen molar-refractivity contribution in [3.05, 3.63) is 53.1 Å². The smallest absolute Gasteiger partial charge is 0.326 e. The third kappa shape index (κ3) is 2.99. The van der Waals surface area contributed by atoms with Gasteiger partial charge in [-0.2, -0.15) is 0 Å². The van der Waals surface area contributed by atoms with Gasteiger partial charge >= 0.3 is 6.03 Å². The fourth-order valence-corrected chi connectivity index (χ4v) is 1.76. The molecule has 1 aromatic carbocycles. The van der Waals surface area contributed by atoms with Gasteiger partial charge in [-0.15, -0.1) is 0 Å². The molecule has 6 heteroatoms. The van der Waals surface area contributed by atoms with Gasteiger partial charge in [-0.3, -0.25) is 20.2 Å². The van der Waals surface area contributed by atoms with Crippen molar-refractivity contribution in [2.24, 2.45) is 5.73 Å². The topological polar surface area (TPSA) is 101 Å². The number of carbonyl (C=O) groups excluding carboxylic acids is 3. The van der Waals surface area contributed by atoms with Crippen LogP contribution in [0.3, 0.4) is 0 Å². The highest BCUT2D eigenvalue weighted by Gasteiger charge is 2.26. The van der Waals surface area contributed by atoms with E-state index in [4.69, 9.17) is 5.73 Å². The fraction of sp³-hybridized carbons (Fsp3) is 0.0714. The zero-order valence-electron chi connectivity index (χ0n) is 10.6. The lowest BCUT2D eigenvalue weighted by molar-refractivity contribution is -0.124. The Morgan fingerprint density at radius 1 is 1.05 bits per heavy atom. The number of amides is 4. The van der Waals surface area contributed by atoms with E-state index in [-0.39, 0.29) is 5.57 Å². The number of urea groups is 1. The molecule has 1 fully saturated rings. The van der Waals surface area contributed by atoms with Crippen LogP contribution < -0.4 is 16.4 Å². The zero-order chi connectivity index (χ0) is 14.5. The number of nitrogens with two attached hydrogens (primary N) is 1. The van der Waals surface area contributed by atoms with E-state index in [9.17, 15) is 14.4 Å². The molecule has 0 aliphatic carbocycles. The molecule has 0 bridgehead atoms. The second kappa shape index (κ2) is 5.94. The zero-order valence-corrected chi connectivity index (χ0v) is 10.6. The van der Waals surface area contributed by atoms with Gasteiger partial charge in [0.05, 0.1) is 0 Å². The molecule has 4 amide bonds. The quantitative estimate of drug-likeness (QED) is 0.548. The molecule has 1 aromatic rings. The maximum absolute atomic E-state index is 11.5. The van der Waals surface area contributed by atoms with Crippen molar-refractivity contribution in [3.8, 4) is 0 Å². The van der Waals surface area contributed by atoms with Crippen molar-refractivity contribution in [1.29, 1.82) is 0 Å². The van der Waals surface area contributed by atoms with Crippen molar-refractivity contribution in [2.75, 3.05) is 0 Å². The number of rotatable bonds is 3. The molecule has 1 heterocycles. The maximum atomic E-state index is 11.5.